The van der Waals surface area contributed by atoms with Crippen molar-refractivity contribution in [1.82, 2.24) is 29.9 Å². The van der Waals surface area contributed by atoms with Gasteiger partial charge in [0, 0.05) is 6.04 Å². The first-order chi connectivity index (χ1) is 9.60. The number of carbonyl (C=O) groups excluding carboxylic acids is 1. The molecule has 108 valence electrons. The summed E-state index contributed by atoms with van der Waals surface area (Å²) in [5.74, 6) is -0.211. The van der Waals surface area contributed by atoms with Crippen LogP contribution in [0.5, 0.6) is 0 Å². The fourth-order valence-electron chi connectivity index (χ4n) is 1.84. The molecule has 0 radical (unpaired) electrons. The SMILES string of the molecule is CC(C)n1cncc1Cn1cc(CNC(=O)CN)nn1. The Balaban J connectivity index is 1.99. The second kappa shape index (κ2) is 6.29. The fourth-order valence-corrected chi connectivity index (χ4v) is 1.84. The van der Waals surface area contributed by atoms with Crippen LogP contribution in [0, 0.1) is 0 Å². The van der Waals surface area contributed by atoms with Gasteiger partial charge in [-0.1, -0.05) is 5.21 Å². The number of hydrogen-bond donors (Lipinski definition) is 2. The number of amides is 1. The molecule has 2 rings (SSSR count). The number of nitrogens with two attached hydrogens (primary N) is 1. The summed E-state index contributed by atoms with van der Waals surface area (Å²) in [5, 5.41) is 10.7. The molecular formula is C12H19N7O. The van der Waals surface area contributed by atoms with Crippen LogP contribution >= 0.6 is 0 Å². The topological polar surface area (TPSA) is 104 Å². The second-order valence-electron chi connectivity index (χ2n) is 4.77. The predicted molar refractivity (Wildman–Crippen MR) is 72.6 cm³/mol. The standard InChI is InChI=1S/C12H19N7O/c1-9(2)19-8-14-5-11(19)7-18-6-10(16-17-18)4-15-12(20)3-13/h5-6,8-9H,3-4,7,13H2,1-2H3,(H,15,20). The number of carbonyl (C=O) groups is 1. The maximum atomic E-state index is 11.1. The highest BCUT2D eigenvalue weighted by Gasteiger charge is 2.08. The van der Waals surface area contributed by atoms with Crippen molar-refractivity contribution in [2.45, 2.75) is 33.0 Å². The maximum Gasteiger partial charge on any atom is 0.234 e. The van der Waals surface area contributed by atoms with E-state index in [2.05, 4.69) is 39.0 Å². The molecule has 0 unspecified atom stereocenters. The average molecular weight is 277 g/mol. The lowest BCUT2D eigenvalue weighted by atomic mass is 10.3. The minimum absolute atomic E-state index is 0.0261. The minimum atomic E-state index is -0.211. The van der Waals surface area contributed by atoms with E-state index in [1.165, 1.54) is 0 Å². The van der Waals surface area contributed by atoms with E-state index >= 15 is 0 Å². The number of imidazole rings is 1. The van der Waals surface area contributed by atoms with Crippen molar-refractivity contribution >= 4 is 5.91 Å². The van der Waals surface area contributed by atoms with Gasteiger partial charge in [0.25, 0.3) is 0 Å². The van der Waals surface area contributed by atoms with Crippen molar-refractivity contribution in [3.8, 4) is 0 Å². The Labute approximate surface area is 117 Å². The molecule has 0 aromatic carbocycles. The Kier molecular flexibility index (Phi) is 4.46. The largest absolute Gasteiger partial charge is 0.349 e. The van der Waals surface area contributed by atoms with Gasteiger partial charge < -0.3 is 15.6 Å². The zero-order chi connectivity index (χ0) is 14.5. The Morgan fingerprint density at radius 1 is 1.50 bits per heavy atom. The fraction of sp³-hybridized carbons (Fsp3) is 0.500. The van der Waals surface area contributed by atoms with Crippen LogP contribution in [-0.4, -0.2) is 37.0 Å². The van der Waals surface area contributed by atoms with Crippen molar-refractivity contribution in [2.24, 2.45) is 5.73 Å². The van der Waals surface area contributed by atoms with E-state index in [4.69, 9.17) is 5.73 Å². The molecule has 0 fully saturated rings. The molecule has 0 atom stereocenters. The zero-order valence-electron chi connectivity index (χ0n) is 11.7. The number of nitrogens with one attached hydrogen (secondary N) is 1. The number of rotatable bonds is 6. The molecule has 0 aliphatic rings. The summed E-state index contributed by atoms with van der Waals surface area (Å²) in [5.41, 5.74) is 6.97. The third kappa shape index (κ3) is 3.41. The summed E-state index contributed by atoms with van der Waals surface area (Å²) < 4.78 is 3.80. The van der Waals surface area contributed by atoms with Crippen LogP contribution in [0.4, 0.5) is 0 Å². The molecule has 0 bridgehead atoms. The first kappa shape index (κ1) is 14.2. The lowest BCUT2D eigenvalue weighted by Gasteiger charge is -2.11. The van der Waals surface area contributed by atoms with Crippen molar-refractivity contribution in [1.29, 1.82) is 0 Å². The highest BCUT2D eigenvalue weighted by molar-refractivity contribution is 5.77. The van der Waals surface area contributed by atoms with Gasteiger partial charge in [-0.25, -0.2) is 9.67 Å². The number of hydrogen-bond acceptors (Lipinski definition) is 5. The normalized spacial score (nSPS) is 11.0. The third-order valence-electron chi connectivity index (χ3n) is 2.86. The molecule has 0 saturated heterocycles. The van der Waals surface area contributed by atoms with E-state index in [0.29, 0.717) is 24.8 Å². The van der Waals surface area contributed by atoms with Gasteiger partial charge in [0.2, 0.25) is 5.91 Å². The minimum Gasteiger partial charge on any atom is -0.349 e. The summed E-state index contributed by atoms with van der Waals surface area (Å²) in [6, 6.07) is 0.347. The number of nitrogens with zero attached hydrogens (tertiary/aromatic N) is 5. The predicted octanol–water partition coefficient (Wildman–Crippen LogP) is -0.321. The second-order valence-corrected chi connectivity index (χ2v) is 4.77. The summed E-state index contributed by atoms with van der Waals surface area (Å²) in [7, 11) is 0. The van der Waals surface area contributed by atoms with E-state index < -0.39 is 0 Å². The van der Waals surface area contributed by atoms with Crippen LogP contribution in [0.1, 0.15) is 31.3 Å². The molecule has 3 N–H and O–H groups in total. The maximum absolute atomic E-state index is 11.1. The van der Waals surface area contributed by atoms with Crippen LogP contribution in [0.2, 0.25) is 0 Å². The Bertz CT molecular complexity index is 572. The highest BCUT2D eigenvalue weighted by Crippen LogP contribution is 2.10. The summed E-state index contributed by atoms with van der Waals surface area (Å²) in [6.07, 6.45) is 5.42. The van der Waals surface area contributed by atoms with E-state index in [9.17, 15) is 4.79 Å². The Hall–Kier alpha value is -2.22. The molecule has 20 heavy (non-hydrogen) atoms. The summed E-state index contributed by atoms with van der Waals surface area (Å²) in [6.45, 7) is 5.10. The Morgan fingerprint density at radius 2 is 2.30 bits per heavy atom. The van der Waals surface area contributed by atoms with Gasteiger partial charge >= 0.3 is 0 Å². The molecule has 2 aromatic rings. The molecule has 1 amide bonds. The summed E-state index contributed by atoms with van der Waals surface area (Å²) in [4.78, 5) is 15.2. The number of aromatic nitrogens is 5. The smallest absolute Gasteiger partial charge is 0.234 e. The third-order valence-corrected chi connectivity index (χ3v) is 2.86. The molecular weight excluding hydrogens is 258 g/mol. The van der Waals surface area contributed by atoms with E-state index in [-0.39, 0.29) is 12.5 Å². The van der Waals surface area contributed by atoms with Gasteiger partial charge in [0.05, 0.1) is 44.0 Å². The molecule has 0 spiro atoms. The molecule has 8 nitrogen and oxygen atoms in total. The van der Waals surface area contributed by atoms with Gasteiger partial charge in [-0.05, 0) is 13.8 Å². The van der Waals surface area contributed by atoms with E-state index in [1.807, 2.05) is 6.20 Å². The Morgan fingerprint density at radius 3 is 3.00 bits per heavy atom. The van der Waals surface area contributed by atoms with Crippen LogP contribution in [0.25, 0.3) is 0 Å². The molecule has 2 aromatic heterocycles. The first-order valence-electron chi connectivity index (χ1n) is 6.46. The highest BCUT2D eigenvalue weighted by atomic mass is 16.1. The zero-order valence-corrected chi connectivity index (χ0v) is 11.7. The van der Waals surface area contributed by atoms with Gasteiger partial charge in [0.15, 0.2) is 0 Å². The molecule has 2 heterocycles. The van der Waals surface area contributed by atoms with Crippen molar-refractivity contribution < 1.29 is 4.79 Å². The molecule has 8 heteroatoms. The van der Waals surface area contributed by atoms with Gasteiger partial charge in [-0.15, -0.1) is 5.10 Å². The van der Waals surface area contributed by atoms with Crippen molar-refractivity contribution in [3.05, 3.63) is 30.1 Å². The molecule has 0 aliphatic heterocycles. The quantitative estimate of drug-likeness (QED) is 0.753. The van der Waals surface area contributed by atoms with Gasteiger partial charge in [0.1, 0.15) is 5.69 Å². The molecule has 0 saturated carbocycles. The lowest BCUT2D eigenvalue weighted by Crippen LogP contribution is -2.29. The van der Waals surface area contributed by atoms with Crippen LogP contribution in [0.3, 0.4) is 0 Å². The van der Waals surface area contributed by atoms with E-state index in [1.54, 1.807) is 17.2 Å². The van der Waals surface area contributed by atoms with Crippen LogP contribution < -0.4 is 11.1 Å². The summed E-state index contributed by atoms with van der Waals surface area (Å²) >= 11 is 0. The van der Waals surface area contributed by atoms with Crippen LogP contribution in [-0.2, 0) is 17.9 Å². The van der Waals surface area contributed by atoms with Crippen molar-refractivity contribution in [3.63, 3.8) is 0 Å². The van der Waals surface area contributed by atoms with E-state index in [0.717, 1.165) is 5.69 Å². The van der Waals surface area contributed by atoms with Gasteiger partial charge in [-0.2, -0.15) is 0 Å². The lowest BCUT2D eigenvalue weighted by molar-refractivity contribution is -0.119. The van der Waals surface area contributed by atoms with Crippen LogP contribution in [0.15, 0.2) is 18.7 Å². The first-order valence-corrected chi connectivity index (χ1v) is 6.46. The average Bonchev–Trinajstić information content (AvgIpc) is 3.05. The molecule has 0 aliphatic carbocycles. The van der Waals surface area contributed by atoms with Crippen molar-refractivity contribution in [2.75, 3.05) is 6.54 Å². The monoisotopic (exact) mass is 277 g/mol. The van der Waals surface area contributed by atoms with Gasteiger partial charge in [-0.3, -0.25) is 4.79 Å².